The van der Waals surface area contributed by atoms with Crippen molar-refractivity contribution in [1.29, 1.82) is 0 Å². The highest BCUT2D eigenvalue weighted by Crippen LogP contribution is 2.30. The van der Waals surface area contributed by atoms with Crippen molar-refractivity contribution in [3.63, 3.8) is 0 Å². The van der Waals surface area contributed by atoms with Gasteiger partial charge in [-0.3, -0.25) is 9.69 Å². The highest BCUT2D eigenvalue weighted by Gasteiger charge is 2.33. The molecule has 0 unspecified atom stereocenters. The van der Waals surface area contributed by atoms with Crippen molar-refractivity contribution >= 4 is 55.7 Å². The number of anilines is 1. The Morgan fingerprint density at radius 3 is 2.82 bits per heavy atom. The Labute approximate surface area is 208 Å². The molecule has 8 heteroatoms. The fraction of sp³-hybridized carbons (Fsp3) is 0.346. The second kappa shape index (κ2) is 9.49. The summed E-state index contributed by atoms with van der Waals surface area (Å²) in [5.74, 6) is 1.14. The average molecular weight is 494 g/mol. The Morgan fingerprint density at radius 1 is 1.15 bits per heavy atom. The number of aromatic nitrogens is 2. The van der Waals surface area contributed by atoms with Gasteiger partial charge in [-0.15, -0.1) is 11.3 Å². The maximum Gasteiger partial charge on any atom is 0.237 e. The lowest BCUT2D eigenvalue weighted by Gasteiger charge is -2.42. The first-order valence-corrected chi connectivity index (χ1v) is 12.7. The third-order valence-corrected chi connectivity index (χ3v) is 7.65. The molecule has 0 spiro atoms. The summed E-state index contributed by atoms with van der Waals surface area (Å²) >= 11 is 7.92. The summed E-state index contributed by atoms with van der Waals surface area (Å²) in [4.78, 5) is 27.4. The molecule has 0 saturated carbocycles. The van der Waals surface area contributed by atoms with Gasteiger partial charge in [-0.2, -0.15) is 0 Å². The monoisotopic (exact) mass is 493 g/mol. The van der Waals surface area contributed by atoms with E-state index in [4.69, 9.17) is 17.3 Å². The molecule has 176 valence electrons. The number of thiophene rings is 1. The van der Waals surface area contributed by atoms with Crippen LogP contribution >= 0.6 is 22.9 Å². The third kappa shape index (κ3) is 4.87. The van der Waals surface area contributed by atoms with E-state index in [2.05, 4.69) is 40.8 Å². The molecule has 5 rings (SSSR count). The number of nitrogens with zero attached hydrogens (tertiary/aromatic N) is 4. The quantitative estimate of drug-likeness (QED) is 0.392. The van der Waals surface area contributed by atoms with Crippen LogP contribution in [-0.4, -0.2) is 44.8 Å². The average Bonchev–Trinajstić information content (AvgIpc) is 3.17. The Bertz CT molecular complexity index is 1350. The molecule has 3 heterocycles. The number of nitrogen functional groups attached to an aromatic ring is 1. The zero-order valence-electron chi connectivity index (χ0n) is 19.4. The zero-order chi connectivity index (χ0) is 23.8. The highest BCUT2D eigenvalue weighted by atomic mass is 35.5. The molecular formula is C26H28ClN5OS. The van der Waals surface area contributed by atoms with Gasteiger partial charge in [0.2, 0.25) is 5.91 Å². The first-order chi connectivity index (χ1) is 16.4. The largest absolute Gasteiger partial charge is 0.383 e. The number of rotatable bonds is 6. The normalized spacial score (nSPS) is 17.4. The summed E-state index contributed by atoms with van der Waals surface area (Å²) in [6, 6.07) is 14.4. The standard InChI is InChI=1S/C26H28ClN5OS/c1-16(2)7-20-12-31(13-21-9-18-4-5-19(27)10-24(18)34-21)14-25(33)32(20)11-17-3-6-22-23(8-17)29-15-30-26(22)28/h3-6,8-10,15-16,20H,7,11-14H2,1-2H3,(H2,28,29,30)/t20-/m1/s1. The van der Waals surface area contributed by atoms with Crippen molar-refractivity contribution in [1.82, 2.24) is 19.8 Å². The SMILES string of the molecule is CC(C)C[C@@H]1CN(Cc2cc3ccc(Cl)cc3s2)CC(=O)N1Cc1ccc2c(N)ncnc2c1. The van der Waals surface area contributed by atoms with Crippen molar-refractivity contribution in [2.24, 2.45) is 5.92 Å². The molecule has 2 aromatic heterocycles. The number of carbonyl (C=O) groups excluding carboxylic acids is 1. The van der Waals surface area contributed by atoms with E-state index in [-0.39, 0.29) is 11.9 Å². The van der Waals surface area contributed by atoms with Gasteiger partial charge in [0.05, 0.1) is 12.1 Å². The number of hydrogen-bond acceptors (Lipinski definition) is 6. The molecule has 1 aliphatic heterocycles. The van der Waals surface area contributed by atoms with Crippen LogP contribution in [0.2, 0.25) is 5.02 Å². The van der Waals surface area contributed by atoms with Gasteiger partial charge in [-0.25, -0.2) is 9.97 Å². The molecule has 1 atom stereocenters. The van der Waals surface area contributed by atoms with Gasteiger partial charge < -0.3 is 10.6 Å². The summed E-state index contributed by atoms with van der Waals surface area (Å²) < 4.78 is 1.19. The smallest absolute Gasteiger partial charge is 0.237 e. The van der Waals surface area contributed by atoms with Gasteiger partial charge in [-0.05, 0) is 53.6 Å². The van der Waals surface area contributed by atoms with Crippen LogP contribution in [0, 0.1) is 5.92 Å². The van der Waals surface area contributed by atoms with Crippen LogP contribution in [0.25, 0.3) is 21.0 Å². The number of amides is 1. The minimum absolute atomic E-state index is 0.163. The lowest BCUT2D eigenvalue weighted by atomic mass is 9.98. The van der Waals surface area contributed by atoms with Crippen LogP contribution in [0.15, 0.2) is 48.8 Å². The maximum absolute atomic E-state index is 13.4. The van der Waals surface area contributed by atoms with Gasteiger partial charge in [0.25, 0.3) is 0 Å². The molecule has 34 heavy (non-hydrogen) atoms. The second-order valence-electron chi connectivity index (χ2n) is 9.48. The summed E-state index contributed by atoms with van der Waals surface area (Å²) in [6.07, 6.45) is 2.45. The van der Waals surface area contributed by atoms with Gasteiger partial charge in [0, 0.05) is 45.7 Å². The number of halogens is 1. The van der Waals surface area contributed by atoms with E-state index < -0.39 is 0 Å². The molecule has 6 nitrogen and oxygen atoms in total. The van der Waals surface area contributed by atoms with E-state index in [0.717, 1.165) is 41.0 Å². The fourth-order valence-electron chi connectivity index (χ4n) is 4.81. The number of benzene rings is 2. The Kier molecular flexibility index (Phi) is 6.42. The van der Waals surface area contributed by atoms with Gasteiger partial charge in [0.15, 0.2) is 0 Å². The van der Waals surface area contributed by atoms with Crippen LogP contribution < -0.4 is 5.73 Å². The lowest BCUT2D eigenvalue weighted by molar-refractivity contribution is -0.141. The number of carbonyl (C=O) groups is 1. The minimum Gasteiger partial charge on any atom is -0.383 e. The van der Waals surface area contributed by atoms with E-state index in [1.165, 1.54) is 21.3 Å². The summed E-state index contributed by atoms with van der Waals surface area (Å²) in [5, 5.41) is 2.80. The Hall–Kier alpha value is -2.74. The molecule has 1 amide bonds. The van der Waals surface area contributed by atoms with E-state index in [1.54, 1.807) is 11.3 Å². The molecule has 2 N–H and O–H groups in total. The molecular weight excluding hydrogens is 466 g/mol. The van der Waals surface area contributed by atoms with Crippen LogP contribution in [0.3, 0.4) is 0 Å². The first-order valence-electron chi connectivity index (χ1n) is 11.5. The fourth-order valence-corrected chi connectivity index (χ4v) is 6.19. The van der Waals surface area contributed by atoms with Crippen molar-refractivity contribution in [2.45, 2.75) is 39.4 Å². The van der Waals surface area contributed by atoms with Crippen LogP contribution in [0.1, 0.15) is 30.7 Å². The predicted molar refractivity (Wildman–Crippen MR) is 140 cm³/mol. The zero-order valence-corrected chi connectivity index (χ0v) is 20.9. The highest BCUT2D eigenvalue weighted by molar-refractivity contribution is 7.19. The molecule has 4 aromatic rings. The van der Waals surface area contributed by atoms with Crippen molar-refractivity contribution in [3.8, 4) is 0 Å². The van der Waals surface area contributed by atoms with Crippen LogP contribution in [-0.2, 0) is 17.9 Å². The molecule has 2 aromatic carbocycles. The van der Waals surface area contributed by atoms with E-state index in [9.17, 15) is 4.79 Å². The first kappa shape index (κ1) is 23.0. The Morgan fingerprint density at radius 2 is 2.00 bits per heavy atom. The number of nitrogens with two attached hydrogens (primary N) is 1. The van der Waals surface area contributed by atoms with Crippen molar-refractivity contribution in [3.05, 3.63) is 64.3 Å². The summed E-state index contributed by atoms with van der Waals surface area (Å²) in [5.41, 5.74) is 7.84. The number of hydrogen-bond donors (Lipinski definition) is 1. The lowest BCUT2D eigenvalue weighted by Crippen LogP contribution is -2.55. The molecule has 1 aliphatic rings. The molecule has 1 fully saturated rings. The second-order valence-corrected chi connectivity index (χ2v) is 11.1. The number of piperazine rings is 1. The summed E-state index contributed by atoms with van der Waals surface area (Å²) in [7, 11) is 0. The molecule has 0 bridgehead atoms. The molecule has 1 saturated heterocycles. The topological polar surface area (TPSA) is 75.4 Å². The van der Waals surface area contributed by atoms with E-state index >= 15 is 0 Å². The van der Waals surface area contributed by atoms with Gasteiger partial charge in [-0.1, -0.05) is 37.6 Å². The van der Waals surface area contributed by atoms with E-state index in [1.807, 2.05) is 35.2 Å². The van der Waals surface area contributed by atoms with E-state index in [0.29, 0.717) is 24.8 Å². The summed E-state index contributed by atoms with van der Waals surface area (Å²) in [6.45, 7) is 7.07. The Balaban J connectivity index is 1.35. The third-order valence-electron chi connectivity index (χ3n) is 6.33. The van der Waals surface area contributed by atoms with Crippen LogP contribution in [0.4, 0.5) is 5.82 Å². The number of fused-ring (bicyclic) bond motifs is 2. The van der Waals surface area contributed by atoms with Gasteiger partial charge in [0.1, 0.15) is 12.1 Å². The maximum atomic E-state index is 13.4. The van der Waals surface area contributed by atoms with Crippen molar-refractivity contribution in [2.75, 3.05) is 18.8 Å². The minimum atomic E-state index is 0.163. The van der Waals surface area contributed by atoms with Crippen molar-refractivity contribution < 1.29 is 4.79 Å². The molecule has 0 radical (unpaired) electrons. The predicted octanol–water partition coefficient (Wildman–Crippen LogP) is 5.34. The van der Waals surface area contributed by atoms with Gasteiger partial charge >= 0.3 is 0 Å². The molecule has 0 aliphatic carbocycles. The van der Waals surface area contributed by atoms with Crippen LogP contribution in [0.5, 0.6) is 0 Å².